The fourth-order valence-electron chi connectivity index (χ4n) is 2.61. The van der Waals surface area contributed by atoms with E-state index in [0.29, 0.717) is 10.0 Å². The zero-order valence-electron chi connectivity index (χ0n) is 11.0. The maximum atomic E-state index is 6.43. The summed E-state index contributed by atoms with van der Waals surface area (Å²) < 4.78 is 0. The van der Waals surface area contributed by atoms with Crippen LogP contribution in [0.2, 0.25) is 10.0 Å². The van der Waals surface area contributed by atoms with Crippen molar-refractivity contribution in [3.05, 3.63) is 69.3 Å². The Morgan fingerprint density at radius 2 is 1.85 bits per heavy atom. The monoisotopic (exact) mass is 304 g/mol. The molecule has 0 fully saturated rings. The number of aromatic amines is 1. The molecule has 2 nitrogen and oxygen atoms in total. The van der Waals surface area contributed by atoms with Gasteiger partial charge in [-0.3, -0.25) is 0 Å². The molecule has 1 unspecified atom stereocenters. The number of aromatic nitrogens is 1. The first-order valence-corrected chi connectivity index (χ1v) is 7.11. The number of H-pyrrole nitrogens is 1. The van der Waals surface area contributed by atoms with Crippen molar-refractivity contribution in [2.45, 2.75) is 13.0 Å². The summed E-state index contributed by atoms with van der Waals surface area (Å²) in [6.07, 6.45) is 0. The number of nitrogens with two attached hydrogens (primary N) is 1. The quantitative estimate of drug-likeness (QED) is 0.699. The van der Waals surface area contributed by atoms with E-state index in [2.05, 4.69) is 11.1 Å². The van der Waals surface area contributed by atoms with Crippen molar-refractivity contribution in [3.63, 3.8) is 0 Å². The van der Waals surface area contributed by atoms with Crippen LogP contribution in [0.15, 0.2) is 42.5 Å². The van der Waals surface area contributed by atoms with Gasteiger partial charge in [0.1, 0.15) is 0 Å². The van der Waals surface area contributed by atoms with E-state index in [4.69, 9.17) is 28.9 Å². The summed E-state index contributed by atoms with van der Waals surface area (Å²) in [5.41, 5.74) is 10.5. The van der Waals surface area contributed by atoms with Crippen LogP contribution in [-0.2, 0) is 0 Å². The molecule has 2 aromatic carbocycles. The van der Waals surface area contributed by atoms with Crippen LogP contribution in [0.3, 0.4) is 0 Å². The molecule has 0 radical (unpaired) electrons. The van der Waals surface area contributed by atoms with Gasteiger partial charge in [0.2, 0.25) is 0 Å². The number of halogens is 2. The van der Waals surface area contributed by atoms with Gasteiger partial charge in [-0.1, -0.05) is 47.5 Å². The highest BCUT2D eigenvalue weighted by atomic mass is 35.5. The van der Waals surface area contributed by atoms with Gasteiger partial charge in [-0.25, -0.2) is 0 Å². The second-order valence-electron chi connectivity index (χ2n) is 4.85. The van der Waals surface area contributed by atoms with E-state index in [1.54, 1.807) is 6.07 Å². The Hall–Kier alpha value is -1.48. The molecule has 3 N–H and O–H groups in total. The highest BCUT2D eigenvalue weighted by molar-refractivity contribution is 6.35. The standard InChI is InChI=1S/C16H14Cl2N2/c1-9-15(12-4-2-3-5-14(12)20-9)16(19)11-7-6-10(17)8-13(11)18/h2-8,16,20H,19H2,1H3. The van der Waals surface area contributed by atoms with Crippen LogP contribution in [0.5, 0.6) is 0 Å². The number of nitrogens with one attached hydrogen (secondary N) is 1. The molecule has 1 atom stereocenters. The van der Waals surface area contributed by atoms with Crippen molar-refractivity contribution in [2.24, 2.45) is 5.73 Å². The van der Waals surface area contributed by atoms with Gasteiger partial charge in [-0.2, -0.15) is 0 Å². The summed E-state index contributed by atoms with van der Waals surface area (Å²) in [6.45, 7) is 2.03. The molecule has 0 saturated heterocycles. The highest BCUT2D eigenvalue weighted by Crippen LogP contribution is 2.34. The molecule has 0 aliphatic heterocycles. The smallest absolute Gasteiger partial charge is 0.0590 e. The van der Waals surface area contributed by atoms with E-state index in [9.17, 15) is 0 Å². The van der Waals surface area contributed by atoms with Crippen LogP contribution in [-0.4, -0.2) is 4.98 Å². The van der Waals surface area contributed by atoms with Crippen LogP contribution in [0.25, 0.3) is 10.9 Å². The third-order valence-electron chi connectivity index (χ3n) is 3.55. The molecule has 0 spiro atoms. The number of benzene rings is 2. The Kier molecular flexibility index (Phi) is 3.47. The largest absolute Gasteiger partial charge is 0.358 e. The predicted molar refractivity (Wildman–Crippen MR) is 85.5 cm³/mol. The van der Waals surface area contributed by atoms with Crippen LogP contribution >= 0.6 is 23.2 Å². The Morgan fingerprint density at radius 3 is 2.60 bits per heavy atom. The number of rotatable bonds is 2. The van der Waals surface area contributed by atoms with E-state index in [-0.39, 0.29) is 6.04 Å². The minimum Gasteiger partial charge on any atom is -0.358 e. The second-order valence-corrected chi connectivity index (χ2v) is 5.70. The van der Waals surface area contributed by atoms with Gasteiger partial charge < -0.3 is 10.7 Å². The molecular weight excluding hydrogens is 291 g/mol. The molecule has 1 heterocycles. The fourth-order valence-corrected chi connectivity index (χ4v) is 3.13. The summed E-state index contributed by atoms with van der Waals surface area (Å²) in [6, 6.07) is 13.3. The number of fused-ring (bicyclic) bond motifs is 1. The van der Waals surface area contributed by atoms with Crippen molar-refractivity contribution in [1.82, 2.24) is 4.98 Å². The number of hydrogen-bond acceptors (Lipinski definition) is 1. The lowest BCUT2D eigenvalue weighted by Gasteiger charge is -2.15. The maximum absolute atomic E-state index is 6.43. The topological polar surface area (TPSA) is 41.8 Å². The third-order valence-corrected chi connectivity index (χ3v) is 4.11. The normalized spacial score (nSPS) is 12.8. The van der Waals surface area contributed by atoms with E-state index in [1.165, 1.54) is 0 Å². The van der Waals surface area contributed by atoms with Crippen molar-refractivity contribution in [1.29, 1.82) is 0 Å². The van der Waals surface area contributed by atoms with Crippen molar-refractivity contribution in [3.8, 4) is 0 Å². The molecule has 3 rings (SSSR count). The van der Waals surface area contributed by atoms with E-state index >= 15 is 0 Å². The number of aryl methyl sites for hydroxylation is 1. The summed E-state index contributed by atoms with van der Waals surface area (Å²) >= 11 is 12.2. The molecule has 0 aliphatic rings. The highest BCUT2D eigenvalue weighted by Gasteiger charge is 2.19. The Morgan fingerprint density at radius 1 is 1.10 bits per heavy atom. The van der Waals surface area contributed by atoms with Gasteiger partial charge in [-0.15, -0.1) is 0 Å². The number of hydrogen-bond donors (Lipinski definition) is 2. The van der Waals surface area contributed by atoms with E-state index < -0.39 is 0 Å². The second kappa shape index (κ2) is 5.13. The van der Waals surface area contributed by atoms with Gasteiger partial charge in [0, 0.05) is 32.2 Å². The summed E-state index contributed by atoms with van der Waals surface area (Å²) in [4.78, 5) is 3.36. The van der Waals surface area contributed by atoms with Crippen molar-refractivity contribution in [2.75, 3.05) is 0 Å². The molecule has 1 aromatic heterocycles. The van der Waals surface area contributed by atoms with Crippen molar-refractivity contribution < 1.29 is 0 Å². The molecule has 20 heavy (non-hydrogen) atoms. The Balaban J connectivity index is 2.17. The lowest BCUT2D eigenvalue weighted by molar-refractivity contribution is 0.869. The predicted octanol–water partition coefficient (Wildman–Crippen LogP) is 4.83. The maximum Gasteiger partial charge on any atom is 0.0590 e. The fraction of sp³-hybridized carbons (Fsp3) is 0.125. The molecule has 0 amide bonds. The Bertz CT molecular complexity index is 777. The summed E-state index contributed by atoms with van der Waals surface area (Å²) in [7, 11) is 0. The average Bonchev–Trinajstić information content (AvgIpc) is 2.73. The van der Waals surface area contributed by atoms with Gasteiger partial charge in [0.25, 0.3) is 0 Å². The minimum atomic E-state index is -0.282. The third kappa shape index (κ3) is 2.20. The molecule has 102 valence electrons. The molecule has 0 saturated carbocycles. The van der Waals surface area contributed by atoms with E-state index in [0.717, 1.165) is 27.7 Å². The zero-order chi connectivity index (χ0) is 14.3. The van der Waals surface area contributed by atoms with Crippen molar-refractivity contribution >= 4 is 34.1 Å². The van der Waals surface area contributed by atoms with Crippen LogP contribution in [0, 0.1) is 6.92 Å². The first-order chi connectivity index (χ1) is 9.58. The lowest BCUT2D eigenvalue weighted by Crippen LogP contribution is -2.13. The molecule has 0 aliphatic carbocycles. The van der Waals surface area contributed by atoms with Crippen LogP contribution in [0.1, 0.15) is 22.9 Å². The van der Waals surface area contributed by atoms with Gasteiger partial charge in [0.05, 0.1) is 6.04 Å². The molecule has 0 bridgehead atoms. The average molecular weight is 305 g/mol. The minimum absolute atomic E-state index is 0.282. The lowest BCUT2D eigenvalue weighted by atomic mass is 9.97. The summed E-state index contributed by atoms with van der Waals surface area (Å²) in [5, 5.41) is 2.33. The molecule has 3 aromatic rings. The first kappa shape index (κ1) is 13.5. The first-order valence-electron chi connectivity index (χ1n) is 6.35. The van der Waals surface area contributed by atoms with Crippen LogP contribution < -0.4 is 5.73 Å². The van der Waals surface area contributed by atoms with Gasteiger partial charge >= 0.3 is 0 Å². The summed E-state index contributed by atoms with van der Waals surface area (Å²) in [5.74, 6) is 0. The van der Waals surface area contributed by atoms with E-state index in [1.807, 2.05) is 37.3 Å². The zero-order valence-corrected chi connectivity index (χ0v) is 12.5. The van der Waals surface area contributed by atoms with Crippen LogP contribution in [0.4, 0.5) is 0 Å². The SMILES string of the molecule is Cc1[nH]c2ccccc2c1C(N)c1ccc(Cl)cc1Cl. The van der Waals surface area contributed by atoms with Gasteiger partial charge in [0.15, 0.2) is 0 Å². The molecule has 4 heteroatoms. The molecular formula is C16H14Cl2N2. The van der Waals surface area contributed by atoms with Gasteiger partial charge in [-0.05, 0) is 30.7 Å². The number of para-hydroxylation sites is 1. The Labute approximate surface area is 127 Å².